The van der Waals surface area contributed by atoms with E-state index in [9.17, 15) is 4.79 Å². The predicted octanol–water partition coefficient (Wildman–Crippen LogP) is 4.20. The second-order valence-corrected chi connectivity index (χ2v) is 9.54. The fraction of sp³-hybridized carbons (Fsp3) is 0.500. The predicted molar refractivity (Wildman–Crippen MR) is 113 cm³/mol. The van der Waals surface area contributed by atoms with Crippen molar-refractivity contribution in [2.24, 2.45) is 0 Å². The Bertz CT molecular complexity index is 1080. The Labute approximate surface area is 177 Å². The molecule has 154 valence electrons. The minimum atomic E-state index is -0.188. The fourth-order valence-corrected chi connectivity index (χ4v) is 4.19. The third-order valence-electron chi connectivity index (χ3n) is 4.76. The first kappa shape index (κ1) is 20.4. The van der Waals surface area contributed by atoms with E-state index in [0.717, 1.165) is 19.4 Å². The topological polar surface area (TPSA) is 83.0 Å². The Morgan fingerprint density at radius 2 is 2.14 bits per heavy atom. The highest BCUT2D eigenvalue weighted by Crippen LogP contribution is 2.26. The van der Waals surface area contributed by atoms with Gasteiger partial charge in [0.2, 0.25) is 5.89 Å². The van der Waals surface area contributed by atoms with E-state index in [4.69, 9.17) is 25.8 Å². The molecule has 1 aliphatic heterocycles. The SMILES string of the molecule is CC(C)(C)c1noc(CSc2nc3cc(Cl)ccc3c(=O)n2C[C@@H]2CCCO2)n1. The summed E-state index contributed by atoms with van der Waals surface area (Å²) >= 11 is 7.51. The maximum Gasteiger partial charge on any atom is 0.262 e. The Morgan fingerprint density at radius 3 is 2.83 bits per heavy atom. The van der Waals surface area contributed by atoms with Crippen LogP contribution in [0.4, 0.5) is 0 Å². The van der Waals surface area contributed by atoms with Crippen LogP contribution in [-0.4, -0.2) is 32.4 Å². The van der Waals surface area contributed by atoms with Gasteiger partial charge in [-0.05, 0) is 31.0 Å². The molecule has 0 radical (unpaired) electrons. The third kappa shape index (κ3) is 4.49. The molecule has 0 amide bonds. The van der Waals surface area contributed by atoms with Crippen LogP contribution in [0.2, 0.25) is 5.02 Å². The summed E-state index contributed by atoms with van der Waals surface area (Å²) in [4.78, 5) is 22.3. The van der Waals surface area contributed by atoms with Gasteiger partial charge in [0, 0.05) is 17.0 Å². The summed E-state index contributed by atoms with van der Waals surface area (Å²) in [6.07, 6.45) is 1.97. The van der Waals surface area contributed by atoms with Crippen molar-refractivity contribution >= 4 is 34.3 Å². The van der Waals surface area contributed by atoms with Crippen LogP contribution in [0.5, 0.6) is 0 Å². The summed E-state index contributed by atoms with van der Waals surface area (Å²) in [7, 11) is 0. The van der Waals surface area contributed by atoms with Gasteiger partial charge in [-0.3, -0.25) is 9.36 Å². The van der Waals surface area contributed by atoms with Gasteiger partial charge in [-0.15, -0.1) is 0 Å². The standard InChI is InChI=1S/C20H23ClN4O3S/c1-20(2,3)18-23-16(28-24-18)11-29-19-22-15-9-12(21)6-7-14(15)17(26)25(19)10-13-5-4-8-27-13/h6-7,9,13H,4-5,8,10-11H2,1-3H3/t13-/m0/s1. The summed E-state index contributed by atoms with van der Waals surface area (Å²) in [5.41, 5.74) is 0.298. The van der Waals surface area contributed by atoms with Crippen LogP contribution in [0.1, 0.15) is 45.3 Å². The molecule has 7 nitrogen and oxygen atoms in total. The quantitative estimate of drug-likeness (QED) is 0.439. The normalized spacial score (nSPS) is 17.3. The van der Waals surface area contributed by atoms with Crippen LogP contribution in [0.25, 0.3) is 10.9 Å². The number of hydrogen-bond acceptors (Lipinski definition) is 7. The summed E-state index contributed by atoms with van der Waals surface area (Å²) < 4.78 is 12.8. The smallest absolute Gasteiger partial charge is 0.262 e. The number of benzene rings is 1. The first-order valence-corrected chi connectivity index (χ1v) is 11.0. The lowest BCUT2D eigenvalue weighted by Gasteiger charge is -2.16. The van der Waals surface area contributed by atoms with E-state index in [-0.39, 0.29) is 17.1 Å². The molecule has 4 rings (SSSR count). The van der Waals surface area contributed by atoms with Crippen LogP contribution in [0.15, 0.2) is 32.7 Å². The maximum absolute atomic E-state index is 13.2. The van der Waals surface area contributed by atoms with Crippen molar-refractivity contribution in [2.45, 2.75) is 62.6 Å². The van der Waals surface area contributed by atoms with Crippen LogP contribution in [0, 0.1) is 0 Å². The molecule has 1 atom stereocenters. The summed E-state index contributed by atoms with van der Waals surface area (Å²) in [6.45, 7) is 7.30. The monoisotopic (exact) mass is 434 g/mol. The van der Waals surface area contributed by atoms with Crippen molar-refractivity contribution < 1.29 is 9.26 Å². The van der Waals surface area contributed by atoms with Gasteiger partial charge in [-0.1, -0.05) is 49.3 Å². The fourth-order valence-electron chi connectivity index (χ4n) is 3.18. The molecule has 0 N–H and O–H groups in total. The number of ether oxygens (including phenoxy) is 1. The largest absolute Gasteiger partial charge is 0.376 e. The zero-order valence-electron chi connectivity index (χ0n) is 16.6. The van der Waals surface area contributed by atoms with E-state index in [1.54, 1.807) is 22.8 Å². The second-order valence-electron chi connectivity index (χ2n) is 8.16. The Balaban J connectivity index is 1.67. The van der Waals surface area contributed by atoms with Gasteiger partial charge in [0.15, 0.2) is 11.0 Å². The second kappa shape index (κ2) is 8.08. The van der Waals surface area contributed by atoms with Crippen molar-refractivity contribution in [1.29, 1.82) is 0 Å². The molecule has 3 aromatic rings. The van der Waals surface area contributed by atoms with Gasteiger partial charge < -0.3 is 9.26 Å². The minimum absolute atomic E-state index is 0.0227. The number of thioether (sulfide) groups is 1. The zero-order chi connectivity index (χ0) is 20.6. The summed E-state index contributed by atoms with van der Waals surface area (Å²) in [6, 6.07) is 5.15. The van der Waals surface area contributed by atoms with E-state index < -0.39 is 0 Å². The Hall–Kier alpha value is -1.90. The number of nitrogens with zero attached hydrogens (tertiary/aromatic N) is 4. The molecule has 0 saturated carbocycles. The van der Waals surface area contributed by atoms with Crippen molar-refractivity contribution in [3.8, 4) is 0 Å². The number of aromatic nitrogens is 4. The molecule has 9 heteroatoms. The number of rotatable bonds is 5. The highest BCUT2D eigenvalue weighted by atomic mass is 35.5. The van der Waals surface area contributed by atoms with Gasteiger partial charge in [-0.2, -0.15) is 4.98 Å². The van der Waals surface area contributed by atoms with Crippen molar-refractivity contribution in [3.63, 3.8) is 0 Å². The van der Waals surface area contributed by atoms with E-state index in [1.165, 1.54) is 11.8 Å². The number of halogens is 1. The van der Waals surface area contributed by atoms with E-state index in [1.807, 2.05) is 20.8 Å². The molecule has 2 aromatic heterocycles. The summed E-state index contributed by atoms with van der Waals surface area (Å²) in [5.74, 6) is 1.58. The van der Waals surface area contributed by atoms with Crippen LogP contribution < -0.4 is 5.56 Å². The van der Waals surface area contributed by atoms with Crippen molar-refractivity contribution in [1.82, 2.24) is 19.7 Å². The lowest BCUT2D eigenvalue weighted by Crippen LogP contribution is -2.28. The highest BCUT2D eigenvalue weighted by Gasteiger charge is 2.23. The van der Waals surface area contributed by atoms with Gasteiger partial charge in [0.25, 0.3) is 5.56 Å². The molecule has 29 heavy (non-hydrogen) atoms. The van der Waals surface area contributed by atoms with E-state index in [0.29, 0.717) is 45.1 Å². The first-order valence-electron chi connectivity index (χ1n) is 9.59. The van der Waals surface area contributed by atoms with Crippen molar-refractivity contribution in [3.05, 3.63) is 45.3 Å². The molecule has 1 saturated heterocycles. The highest BCUT2D eigenvalue weighted by molar-refractivity contribution is 7.98. The molecule has 3 heterocycles. The minimum Gasteiger partial charge on any atom is -0.376 e. The van der Waals surface area contributed by atoms with Crippen molar-refractivity contribution in [2.75, 3.05) is 6.61 Å². The molecular formula is C20H23ClN4O3S. The Kier molecular flexibility index (Phi) is 5.68. The first-order chi connectivity index (χ1) is 13.8. The van der Waals surface area contributed by atoms with Crippen LogP contribution >= 0.6 is 23.4 Å². The van der Waals surface area contributed by atoms with Gasteiger partial charge in [-0.25, -0.2) is 4.98 Å². The molecule has 1 aliphatic rings. The number of hydrogen-bond donors (Lipinski definition) is 0. The van der Waals surface area contributed by atoms with E-state index in [2.05, 4.69) is 10.1 Å². The van der Waals surface area contributed by atoms with Crippen LogP contribution in [0.3, 0.4) is 0 Å². The molecule has 1 fully saturated rings. The zero-order valence-corrected chi connectivity index (χ0v) is 18.2. The summed E-state index contributed by atoms with van der Waals surface area (Å²) in [5, 5.41) is 5.74. The molecule has 0 aliphatic carbocycles. The van der Waals surface area contributed by atoms with Crippen LogP contribution in [-0.2, 0) is 22.4 Å². The van der Waals surface area contributed by atoms with Gasteiger partial charge in [0.05, 0.1) is 29.3 Å². The molecule has 0 unspecified atom stereocenters. The van der Waals surface area contributed by atoms with Gasteiger partial charge >= 0.3 is 0 Å². The lowest BCUT2D eigenvalue weighted by molar-refractivity contribution is 0.0937. The third-order valence-corrected chi connectivity index (χ3v) is 5.95. The molecular weight excluding hydrogens is 412 g/mol. The number of fused-ring (bicyclic) bond motifs is 1. The average Bonchev–Trinajstić information content (AvgIpc) is 3.34. The molecule has 0 spiro atoms. The maximum atomic E-state index is 13.2. The molecule has 1 aromatic carbocycles. The average molecular weight is 435 g/mol. The molecule has 0 bridgehead atoms. The van der Waals surface area contributed by atoms with E-state index >= 15 is 0 Å². The lowest BCUT2D eigenvalue weighted by atomic mass is 9.96. The Morgan fingerprint density at radius 1 is 1.31 bits per heavy atom. The van der Waals surface area contributed by atoms with Gasteiger partial charge in [0.1, 0.15) is 0 Å².